The van der Waals surface area contributed by atoms with E-state index in [4.69, 9.17) is 11.6 Å². The lowest BCUT2D eigenvalue weighted by molar-refractivity contribution is 0.569. The van der Waals surface area contributed by atoms with Crippen molar-refractivity contribution in [2.24, 2.45) is 5.92 Å². The summed E-state index contributed by atoms with van der Waals surface area (Å²) in [4.78, 5) is 13.6. The molecule has 0 aliphatic heterocycles. The summed E-state index contributed by atoms with van der Waals surface area (Å²) in [7, 11) is 0. The van der Waals surface area contributed by atoms with Crippen LogP contribution in [-0.4, -0.2) is 22.6 Å². The minimum Gasteiger partial charge on any atom is -0.353 e. The van der Waals surface area contributed by atoms with Crippen LogP contribution < -0.4 is 4.90 Å². The lowest BCUT2D eigenvalue weighted by Crippen LogP contribution is -2.28. The first-order chi connectivity index (χ1) is 9.54. The Balaban J connectivity index is 2.00. The quantitative estimate of drug-likeness (QED) is 0.752. The fourth-order valence-corrected chi connectivity index (χ4v) is 3.55. The minimum atomic E-state index is 0.365. The molecule has 0 bridgehead atoms. The van der Waals surface area contributed by atoms with Gasteiger partial charge >= 0.3 is 0 Å². The number of rotatable bonds is 5. The fourth-order valence-electron chi connectivity index (χ4n) is 2.47. The highest BCUT2D eigenvalue weighted by molar-refractivity contribution is 7.18. The standard InChI is InChI=1S/C15H20ClN3S/c1-9(2)6-7-19(11-4-5-11)13-12-8-10(3)20-14(12)18-15(16)17-13/h8-9,11H,4-7H2,1-3H3. The third kappa shape index (κ3) is 2.91. The second-order valence-electron chi connectivity index (χ2n) is 6.00. The molecule has 20 heavy (non-hydrogen) atoms. The van der Waals surface area contributed by atoms with Gasteiger partial charge in [-0.1, -0.05) is 13.8 Å². The molecular formula is C15H20ClN3S. The van der Waals surface area contributed by atoms with E-state index < -0.39 is 0 Å². The van der Waals surface area contributed by atoms with Gasteiger partial charge in [0.25, 0.3) is 0 Å². The summed E-state index contributed by atoms with van der Waals surface area (Å²) in [6, 6.07) is 2.83. The molecule has 2 aromatic heterocycles. The van der Waals surface area contributed by atoms with Gasteiger partial charge < -0.3 is 4.90 Å². The maximum atomic E-state index is 6.12. The van der Waals surface area contributed by atoms with Crippen LogP contribution in [0.5, 0.6) is 0 Å². The third-order valence-electron chi connectivity index (χ3n) is 3.68. The van der Waals surface area contributed by atoms with Crippen molar-refractivity contribution in [2.75, 3.05) is 11.4 Å². The van der Waals surface area contributed by atoms with Gasteiger partial charge in [0.2, 0.25) is 5.28 Å². The molecule has 0 atom stereocenters. The molecule has 0 aromatic carbocycles. The van der Waals surface area contributed by atoms with Gasteiger partial charge in [-0.15, -0.1) is 11.3 Å². The molecule has 5 heteroatoms. The van der Waals surface area contributed by atoms with E-state index in [0.717, 1.165) is 22.6 Å². The molecule has 0 unspecified atom stereocenters. The molecule has 0 amide bonds. The van der Waals surface area contributed by atoms with Crippen molar-refractivity contribution in [2.45, 2.75) is 46.1 Å². The molecule has 108 valence electrons. The number of fused-ring (bicyclic) bond motifs is 1. The summed E-state index contributed by atoms with van der Waals surface area (Å²) in [5, 5.41) is 1.53. The van der Waals surface area contributed by atoms with Crippen LogP contribution in [-0.2, 0) is 0 Å². The van der Waals surface area contributed by atoms with E-state index >= 15 is 0 Å². The Bertz CT molecular complexity index is 619. The Kier molecular flexibility index (Phi) is 3.87. The predicted molar refractivity (Wildman–Crippen MR) is 87.0 cm³/mol. The first-order valence-corrected chi connectivity index (χ1v) is 8.44. The summed E-state index contributed by atoms with van der Waals surface area (Å²) >= 11 is 7.81. The predicted octanol–water partition coefficient (Wildman–Crippen LogP) is 4.67. The highest BCUT2D eigenvalue weighted by Gasteiger charge is 2.31. The van der Waals surface area contributed by atoms with E-state index in [1.807, 2.05) is 0 Å². The molecule has 3 nitrogen and oxygen atoms in total. The number of aryl methyl sites for hydroxylation is 1. The van der Waals surface area contributed by atoms with E-state index in [0.29, 0.717) is 17.2 Å². The normalized spacial score (nSPS) is 15.2. The van der Waals surface area contributed by atoms with Crippen LogP contribution in [0.15, 0.2) is 6.07 Å². The van der Waals surface area contributed by atoms with E-state index in [1.54, 1.807) is 11.3 Å². The van der Waals surface area contributed by atoms with E-state index in [9.17, 15) is 0 Å². The fraction of sp³-hybridized carbons (Fsp3) is 0.600. The maximum absolute atomic E-state index is 6.12. The summed E-state index contributed by atoms with van der Waals surface area (Å²) in [5.74, 6) is 1.74. The van der Waals surface area contributed by atoms with Crippen LogP contribution in [0.3, 0.4) is 0 Å². The molecule has 0 saturated heterocycles. The van der Waals surface area contributed by atoms with E-state index in [2.05, 4.69) is 41.7 Å². The molecule has 0 N–H and O–H groups in total. The second-order valence-corrected chi connectivity index (χ2v) is 7.57. The second kappa shape index (κ2) is 5.49. The van der Waals surface area contributed by atoms with Gasteiger partial charge in [-0.05, 0) is 49.8 Å². The molecule has 1 aliphatic carbocycles. The van der Waals surface area contributed by atoms with Crippen molar-refractivity contribution >= 4 is 39.0 Å². The Morgan fingerprint density at radius 1 is 1.40 bits per heavy atom. The summed E-state index contributed by atoms with van der Waals surface area (Å²) in [5.41, 5.74) is 0. The van der Waals surface area contributed by atoms with Crippen molar-refractivity contribution in [3.8, 4) is 0 Å². The third-order valence-corrected chi connectivity index (χ3v) is 4.79. The molecule has 1 saturated carbocycles. The van der Waals surface area contributed by atoms with Crippen molar-refractivity contribution in [1.82, 2.24) is 9.97 Å². The zero-order valence-electron chi connectivity index (χ0n) is 12.2. The topological polar surface area (TPSA) is 29.0 Å². The van der Waals surface area contributed by atoms with Gasteiger partial charge in [-0.25, -0.2) is 4.98 Å². The van der Waals surface area contributed by atoms with Crippen LogP contribution >= 0.6 is 22.9 Å². The van der Waals surface area contributed by atoms with Gasteiger partial charge in [-0.3, -0.25) is 0 Å². The van der Waals surface area contributed by atoms with Crippen LogP contribution in [0.2, 0.25) is 5.28 Å². The largest absolute Gasteiger partial charge is 0.353 e. The Hall–Kier alpha value is -0.870. The molecule has 0 spiro atoms. The van der Waals surface area contributed by atoms with Crippen molar-refractivity contribution in [1.29, 1.82) is 0 Å². The molecule has 2 heterocycles. The van der Waals surface area contributed by atoms with Crippen LogP contribution in [0.1, 0.15) is 38.0 Å². The van der Waals surface area contributed by atoms with Gasteiger partial charge in [0, 0.05) is 17.5 Å². The SMILES string of the molecule is Cc1cc2c(N(CCC(C)C)C3CC3)nc(Cl)nc2s1. The molecule has 1 aliphatic rings. The zero-order chi connectivity index (χ0) is 14.3. The van der Waals surface area contributed by atoms with Crippen LogP contribution in [0.25, 0.3) is 10.2 Å². The number of aromatic nitrogens is 2. The summed E-state index contributed by atoms with van der Waals surface area (Å²) < 4.78 is 0. The monoisotopic (exact) mass is 309 g/mol. The molecule has 1 fully saturated rings. The molecule has 2 aromatic rings. The van der Waals surface area contributed by atoms with Crippen molar-refractivity contribution < 1.29 is 0 Å². The van der Waals surface area contributed by atoms with E-state index in [1.165, 1.54) is 24.1 Å². The molecule has 3 rings (SSSR count). The van der Waals surface area contributed by atoms with Crippen molar-refractivity contribution in [3.05, 3.63) is 16.2 Å². The average Bonchev–Trinajstić information content (AvgIpc) is 3.11. The van der Waals surface area contributed by atoms with Crippen LogP contribution in [0, 0.1) is 12.8 Å². The van der Waals surface area contributed by atoms with Crippen LogP contribution in [0.4, 0.5) is 5.82 Å². The lowest BCUT2D eigenvalue weighted by Gasteiger charge is -2.25. The number of halogens is 1. The lowest BCUT2D eigenvalue weighted by atomic mass is 10.1. The zero-order valence-corrected chi connectivity index (χ0v) is 13.8. The molecular weight excluding hydrogens is 290 g/mol. The van der Waals surface area contributed by atoms with Crippen molar-refractivity contribution in [3.63, 3.8) is 0 Å². The minimum absolute atomic E-state index is 0.365. The first kappa shape index (κ1) is 14.1. The smallest absolute Gasteiger partial charge is 0.225 e. The highest BCUT2D eigenvalue weighted by atomic mass is 35.5. The molecule has 0 radical (unpaired) electrons. The number of thiophene rings is 1. The van der Waals surface area contributed by atoms with Gasteiger partial charge in [0.15, 0.2) is 0 Å². The maximum Gasteiger partial charge on any atom is 0.225 e. The Morgan fingerprint density at radius 3 is 2.80 bits per heavy atom. The average molecular weight is 310 g/mol. The van der Waals surface area contributed by atoms with E-state index in [-0.39, 0.29) is 0 Å². The van der Waals surface area contributed by atoms with Gasteiger partial charge in [-0.2, -0.15) is 4.98 Å². The summed E-state index contributed by atoms with van der Waals surface area (Å²) in [6.07, 6.45) is 3.72. The Labute approximate surface area is 129 Å². The number of hydrogen-bond acceptors (Lipinski definition) is 4. The first-order valence-electron chi connectivity index (χ1n) is 7.25. The highest BCUT2D eigenvalue weighted by Crippen LogP contribution is 2.37. The number of hydrogen-bond donors (Lipinski definition) is 0. The Morgan fingerprint density at radius 2 is 2.15 bits per heavy atom. The van der Waals surface area contributed by atoms with Gasteiger partial charge in [0.05, 0.1) is 5.39 Å². The number of anilines is 1. The number of nitrogens with zero attached hydrogens (tertiary/aromatic N) is 3. The van der Waals surface area contributed by atoms with Gasteiger partial charge in [0.1, 0.15) is 10.6 Å². The summed E-state index contributed by atoms with van der Waals surface area (Å²) in [6.45, 7) is 7.70.